The van der Waals surface area contributed by atoms with E-state index in [2.05, 4.69) is 5.32 Å². The van der Waals surface area contributed by atoms with Gasteiger partial charge in [0.25, 0.3) is 0 Å². The third kappa shape index (κ3) is 3.51. The van der Waals surface area contributed by atoms with Crippen molar-refractivity contribution in [3.63, 3.8) is 0 Å². The Hall–Kier alpha value is -0.370. The number of nitrogens with one attached hydrogen (secondary N) is 1. The molecule has 2 heteroatoms. The molecule has 0 aliphatic heterocycles. The molecule has 0 heterocycles. The molecule has 0 spiro atoms. The summed E-state index contributed by atoms with van der Waals surface area (Å²) < 4.78 is 0. The maximum absolute atomic E-state index is 11.4. The summed E-state index contributed by atoms with van der Waals surface area (Å²) in [7, 11) is 0. The molecule has 1 atom stereocenters. The van der Waals surface area contributed by atoms with Crippen molar-refractivity contribution < 1.29 is 6.22 Å². The summed E-state index contributed by atoms with van der Waals surface area (Å²) in [4.78, 5) is 11.4. The molecule has 0 bridgehead atoms. The minimum atomic E-state index is 0. The van der Waals surface area contributed by atoms with E-state index in [1.54, 1.807) is 0 Å². The molecular formula is C9H21NO. The van der Waals surface area contributed by atoms with Crippen LogP contribution in [0.15, 0.2) is 0 Å². The van der Waals surface area contributed by atoms with Gasteiger partial charge in [0, 0.05) is 7.34 Å². The predicted octanol–water partition coefficient (Wildman–Crippen LogP) is 1.85. The number of carbonyl (C=O) groups excluding carboxylic acids is 1. The first-order valence-electron chi connectivity index (χ1n) is 4.40. The van der Waals surface area contributed by atoms with Gasteiger partial charge in [0.05, 0.1) is 6.04 Å². The lowest BCUT2D eigenvalue weighted by atomic mass is 10.00. The highest BCUT2D eigenvalue weighted by Gasteiger charge is 2.17. The Morgan fingerprint density at radius 1 is 1.45 bits per heavy atom. The SMILES string of the molecule is CCN[C@@H](CC)C(=O)C(C)C.[HH]. The van der Waals surface area contributed by atoms with E-state index < -0.39 is 0 Å². The topological polar surface area (TPSA) is 29.1 Å². The molecule has 0 radical (unpaired) electrons. The first kappa shape index (κ1) is 10.6. The number of hydrogen-bond donors (Lipinski definition) is 1. The van der Waals surface area contributed by atoms with Crippen molar-refractivity contribution in [3.05, 3.63) is 0 Å². The highest BCUT2D eigenvalue weighted by Crippen LogP contribution is 2.02. The zero-order valence-corrected chi connectivity index (χ0v) is 7.98. The molecule has 0 unspecified atom stereocenters. The van der Waals surface area contributed by atoms with Crippen LogP contribution in [0, 0.1) is 5.92 Å². The van der Waals surface area contributed by atoms with E-state index in [1.807, 2.05) is 27.7 Å². The molecular weight excluding hydrogens is 138 g/mol. The monoisotopic (exact) mass is 159 g/mol. The van der Waals surface area contributed by atoms with Crippen molar-refractivity contribution in [2.45, 2.75) is 40.2 Å². The van der Waals surface area contributed by atoms with Crippen LogP contribution < -0.4 is 5.32 Å². The van der Waals surface area contributed by atoms with E-state index >= 15 is 0 Å². The van der Waals surface area contributed by atoms with Gasteiger partial charge in [-0.05, 0) is 13.0 Å². The van der Waals surface area contributed by atoms with Gasteiger partial charge in [-0.25, -0.2) is 0 Å². The third-order valence-electron chi connectivity index (χ3n) is 1.77. The van der Waals surface area contributed by atoms with Crippen molar-refractivity contribution >= 4 is 5.78 Å². The second-order valence-corrected chi connectivity index (χ2v) is 3.08. The van der Waals surface area contributed by atoms with Crippen LogP contribution in [-0.4, -0.2) is 18.4 Å². The number of carbonyl (C=O) groups is 1. The van der Waals surface area contributed by atoms with Gasteiger partial charge in [-0.2, -0.15) is 0 Å². The average molecular weight is 159 g/mol. The molecule has 0 aliphatic rings. The fourth-order valence-electron chi connectivity index (χ4n) is 1.09. The Morgan fingerprint density at radius 3 is 2.27 bits per heavy atom. The van der Waals surface area contributed by atoms with Gasteiger partial charge < -0.3 is 5.32 Å². The number of rotatable bonds is 5. The molecule has 68 valence electrons. The van der Waals surface area contributed by atoms with Gasteiger partial charge in [-0.15, -0.1) is 0 Å². The van der Waals surface area contributed by atoms with Crippen molar-refractivity contribution in [2.75, 3.05) is 6.54 Å². The van der Waals surface area contributed by atoms with Crippen molar-refractivity contribution in [2.24, 2.45) is 5.92 Å². The molecule has 11 heavy (non-hydrogen) atoms. The first-order chi connectivity index (χ1) is 5.13. The maximum Gasteiger partial charge on any atom is 0.152 e. The fourth-order valence-corrected chi connectivity index (χ4v) is 1.09. The van der Waals surface area contributed by atoms with Crippen LogP contribution in [0.25, 0.3) is 0 Å². The lowest BCUT2D eigenvalue weighted by molar-refractivity contribution is -0.124. The Kier molecular flexibility index (Phi) is 5.12. The van der Waals surface area contributed by atoms with Crippen LogP contribution in [-0.2, 0) is 4.79 Å². The number of likely N-dealkylation sites (N-methyl/N-ethyl adjacent to an activating group) is 1. The van der Waals surface area contributed by atoms with Crippen molar-refractivity contribution in [3.8, 4) is 0 Å². The summed E-state index contributed by atoms with van der Waals surface area (Å²) in [5.74, 6) is 0.480. The second-order valence-electron chi connectivity index (χ2n) is 3.08. The van der Waals surface area contributed by atoms with Crippen LogP contribution in [0.1, 0.15) is 35.5 Å². The largest absolute Gasteiger partial charge is 0.308 e. The molecule has 0 amide bonds. The van der Waals surface area contributed by atoms with Gasteiger partial charge >= 0.3 is 0 Å². The summed E-state index contributed by atoms with van der Waals surface area (Å²) in [6, 6.07) is 0.0694. The smallest absolute Gasteiger partial charge is 0.152 e. The predicted molar refractivity (Wildman–Crippen MR) is 49.7 cm³/mol. The summed E-state index contributed by atoms with van der Waals surface area (Å²) in [5.41, 5.74) is 0. The van der Waals surface area contributed by atoms with Gasteiger partial charge in [-0.1, -0.05) is 27.7 Å². The summed E-state index contributed by atoms with van der Waals surface area (Å²) in [5, 5.41) is 3.16. The summed E-state index contributed by atoms with van der Waals surface area (Å²) >= 11 is 0. The average Bonchev–Trinajstić information content (AvgIpc) is 1.98. The standard InChI is InChI=1S/C9H19NO.H2/c1-5-8(10-6-2)9(11)7(3)4;/h7-8,10H,5-6H2,1-4H3;1H/t8-;/m0./s1. The van der Waals surface area contributed by atoms with Crippen molar-refractivity contribution in [1.82, 2.24) is 5.32 Å². The highest BCUT2D eigenvalue weighted by atomic mass is 16.1. The first-order valence-corrected chi connectivity index (χ1v) is 4.40. The molecule has 0 aromatic rings. The molecule has 0 aromatic heterocycles. The second kappa shape index (κ2) is 5.30. The van der Waals surface area contributed by atoms with E-state index in [4.69, 9.17) is 0 Å². The van der Waals surface area contributed by atoms with E-state index in [0.29, 0.717) is 5.78 Å². The Bertz CT molecular complexity index is 126. The normalized spacial score (nSPS) is 13.5. The Morgan fingerprint density at radius 2 is 2.00 bits per heavy atom. The molecule has 0 aromatic carbocycles. The van der Waals surface area contributed by atoms with Crippen LogP contribution in [0.2, 0.25) is 0 Å². The van der Waals surface area contributed by atoms with Crippen LogP contribution in [0.4, 0.5) is 0 Å². The number of hydrogen-bond acceptors (Lipinski definition) is 2. The van der Waals surface area contributed by atoms with Gasteiger partial charge in [0.2, 0.25) is 0 Å². The van der Waals surface area contributed by atoms with Gasteiger partial charge in [0.1, 0.15) is 0 Å². The fraction of sp³-hybridized carbons (Fsp3) is 0.889. The van der Waals surface area contributed by atoms with E-state index in [1.165, 1.54) is 0 Å². The zero-order valence-electron chi connectivity index (χ0n) is 7.98. The van der Waals surface area contributed by atoms with Crippen LogP contribution >= 0.6 is 0 Å². The zero-order chi connectivity index (χ0) is 8.85. The van der Waals surface area contributed by atoms with E-state index in [-0.39, 0.29) is 13.4 Å². The molecule has 0 saturated heterocycles. The molecule has 0 saturated carbocycles. The number of ketones is 1. The maximum atomic E-state index is 11.4. The molecule has 0 rings (SSSR count). The minimum Gasteiger partial charge on any atom is -0.308 e. The molecule has 0 fully saturated rings. The van der Waals surface area contributed by atoms with Crippen molar-refractivity contribution in [1.29, 1.82) is 0 Å². The highest BCUT2D eigenvalue weighted by molar-refractivity contribution is 5.85. The molecule has 0 aliphatic carbocycles. The molecule has 1 N–H and O–H groups in total. The lowest BCUT2D eigenvalue weighted by Crippen LogP contribution is -2.38. The lowest BCUT2D eigenvalue weighted by Gasteiger charge is -2.16. The third-order valence-corrected chi connectivity index (χ3v) is 1.77. The Labute approximate surface area is 70.9 Å². The van der Waals surface area contributed by atoms with Crippen LogP contribution in [0.3, 0.4) is 0 Å². The van der Waals surface area contributed by atoms with Crippen LogP contribution in [0.5, 0.6) is 0 Å². The quantitative estimate of drug-likeness (QED) is 0.663. The Balaban J connectivity index is 0. The van der Waals surface area contributed by atoms with E-state index in [9.17, 15) is 4.79 Å². The summed E-state index contributed by atoms with van der Waals surface area (Å²) in [6.45, 7) is 8.82. The number of Topliss-reactive ketones (excluding diaryl/α,β-unsaturated/α-hetero) is 1. The van der Waals surface area contributed by atoms with E-state index in [0.717, 1.165) is 13.0 Å². The van der Waals surface area contributed by atoms with Gasteiger partial charge in [-0.3, -0.25) is 4.79 Å². The van der Waals surface area contributed by atoms with Gasteiger partial charge in [0.15, 0.2) is 5.78 Å². The molecule has 2 nitrogen and oxygen atoms in total. The minimum absolute atomic E-state index is 0. The summed E-state index contributed by atoms with van der Waals surface area (Å²) in [6.07, 6.45) is 0.894.